The van der Waals surface area contributed by atoms with Crippen molar-refractivity contribution in [1.82, 2.24) is 9.66 Å². The molecule has 0 aliphatic carbocycles. The van der Waals surface area contributed by atoms with Crippen molar-refractivity contribution in [1.29, 1.82) is 0 Å². The van der Waals surface area contributed by atoms with Gasteiger partial charge in [0.15, 0.2) is 0 Å². The fourth-order valence-electron chi connectivity index (χ4n) is 3.07. The number of aromatic hydroxyl groups is 1. The van der Waals surface area contributed by atoms with Crippen LogP contribution >= 0.6 is 31.9 Å². The third-order valence-corrected chi connectivity index (χ3v) is 5.94. The molecule has 7 nitrogen and oxygen atoms in total. The lowest BCUT2D eigenvalue weighted by molar-refractivity contribution is 0.414. The first-order chi connectivity index (χ1) is 16.5. The number of benzene rings is 3. The van der Waals surface area contributed by atoms with Crippen LogP contribution in [0.25, 0.3) is 11.3 Å². The SMILES string of the molecule is COc1ccc(/C=N/n2cc(-c3ccc(OC)cc3)nc2N=Cc2cc(Br)cc(Br)c2O)cc1. The maximum atomic E-state index is 10.4. The van der Waals surface area contributed by atoms with E-state index in [9.17, 15) is 5.11 Å². The van der Waals surface area contributed by atoms with E-state index in [-0.39, 0.29) is 5.75 Å². The number of halogens is 2. The van der Waals surface area contributed by atoms with E-state index in [1.54, 1.807) is 49.7 Å². The molecule has 0 aliphatic rings. The molecule has 1 aromatic heterocycles. The lowest BCUT2D eigenvalue weighted by Crippen LogP contribution is -1.91. The summed E-state index contributed by atoms with van der Waals surface area (Å²) in [6.45, 7) is 0. The van der Waals surface area contributed by atoms with Crippen LogP contribution < -0.4 is 9.47 Å². The zero-order chi connectivity index (χ0) is 24.1. The van der Waals surface area contributed by atoms with Gasteiger partial charge in [0.05, 0.1) is 36.8 Å². The molecule has 4 aromatic rings. The van der Waals surface area contributed by atoms with Gasteiger partial charge in [0.1, 0.15) is 17.2 Å². The first-order valence-corrected chi connectivity index (χ1v) is 11.7. The van der Waals surface area contributed by atoms with Crippen molar-refractivity contribution < 1.29 is 14.6 Å². The maximum Gasteiger partial charge on any atom is 0.251 e. The highest BCUT2D eigenvalue weighted by Gasteiger charge is 2.10. The Bertz CT molecular complexity index is 1350. The van der Waals surface area contributed by atoms with Gasteiger partial charge >= 0.3 is 0 Å². The summed E-state index contributed by atoms with van der Waals surface area (Å²) in [5.41, 5.74) is 3.01. The average molecular weight is 584 g/mol. The number of nitrogens with zero attached hydrogens (tertiary/aromatic N) is 4. The van der Waals surface area contributed by atoms with Gasteiger partial charge in [-0.05, 0) is 82.2 Å². The smallest absolute Gasteiger partial charge is 0.251 e. The van der Waals surface area contributed by atoms with Crippen LogP contribution in [0.5, 0.6) is 17.2 Å². The van der Waals surface area contributed by atoms with Crippen molar-refractivity contribution in [3.8, 4) is 28.5 Å². The predicted molar refractivity (Wildman–Crippen MR) is 141 cm³/mol. The van der Waals surface area contributed by atoms with E-state index in [1.807, 2.05) is 48.5 Å². The fraction of sp³-hybridized carbons (Fsp3) is 0.0800. The Morgan fingerprint density at radius 2 is 1.56 bits per heavy atom. The summed E-state index contributed by atoms with van der Waals surface area (Å²) in [7, 11) is 3.25. The average Bonchev–Trinajstić information content (AvgIpc) is 3.27. The van der Waals surface area contributed by atoms with Crippen LogP contribution in [-0.2, 0) is 0 Å². The van der Waals surface area contributed by atoms with Gasteiger partial charge in [-0.25, -0.2) is 14.7 Å². The Balaban J connectivity index is 1.71. The number of ether oxygens (including phenoxy) is 2. The molecular weight excluding hydrogens is 564 g/mol. The first-order valence-electron chi connectivity index (χ1n) is 10.1. The Kier molecular flexibility index (Phi) is 7.44. The van der Waals surface area contributed by atoms with Gasteiger partial charge in [0, 0.05) is 21.8 Å². The van der Waals surface area contributed by atoms with Crippen molar-refractivity contribution in [2.24, 2.45) is 10.1 Å². The molecule has 0 atom stereocenters. The molecule has 0 saturated heterocycles. The predicted octanol–water partition coefficient (Wildman–Crippen LogP) is 6.43. The second-order valence-electron chi connectivity index (χ2n) is 7.10. The highest BCUT2D eigenvalue weighted by molar-refractivity contribution is 9.11. The largest absolute Gasteiger partial charge is 0.506 e. The van der Waals surface area contributed by atoms with Gasteiger partial charge in [-0.15, -0.1) is 0 Å². The summed E-state index contributed by atoms with van der Waals surface area (Å²) < 4.78 is 13.4. The van der Waals surface area contributed by atoms with Crippen LogP contribution in [0.1, 0.15) is 11.1 Å². The molecule has 4 rings (SSSR count). The molecule has 0 saturated carbocycles. The quantitative estimate of drug-likeness (QED) is 0.254. The van der Waals surface area contributed by atoms with E-state index in [4.69, 9.17) is 9.47 Å². The van der Waals surface area contributed by atoms with Crippen LogP contribution in [0.4, 0.5) is 5.95 Å². The fourth-order valence-corrected chi connectivity index (χ4v) is 4.32. The van der Waals surface area contributed by atoms with Crippen LogP contribution in [-0.4, -0.2) is 41.4 Å². The lowest BCUT2D eigenvalue weighted by atomic mass is 10.2. The zero-order valence-electron chi connectivity index (χ0n) is 18.3. The Morgan fingerprint density at radius 1 is 0.912 bits per heavy atom. The van der Waals surface area contributed by atoms with E-state index in [0.29, 0.717) is 21.7 Å². The number of phenolic OH excluding ortho intramolecular Hbond substituents is 1. The van der Waals surface area contributed by atoms with Crippen molar-refractivity contribution >= 4 is 50.2 Å². The Hall–Kier alpha value is -3.43. The van der Waals surface area contributed by atoms with Gasteiger partial charge in [-0.2, -0.15) is 5.10 Å². The van der Waals surface area contributed by atoms with Gasteiger partial charge in [-0.1, -0.05) is 15.9 Å². The molecule has 0 radical (unpaired) electrons. The monoisotopic (exact) mass is 582 g/mol. The van der Waals surface area contributed by atoms with Gasteiger partial charge in [-0.3, -0.25) is 0 Å². The summed E-state index contributed by atoms with van der Waals surface area (Å²) in [4.78, 5) is 9.16. The van der Waals surface area contributed by atoms with Crippen molar-refractivity contribution in [3.63, 3.8) is 0 Å². The highest BCUT2D eigenvalue weighted by Crippen LogP contribution is 2.31. The van der Waals surface area contributed by atoms with E-state index in [0.717, 1.165) is 27.1 Å². The number of methoxy groups -OCH3 is 2. The van der Waals surface area contributed by atoms with Crippen LogP contribution in [0.2, 0.25) is 0 Å². The van der Waals surface area contributed by atoms with Crippen LogP contribution in [0, 0.1) is 0 Å². The van der Waals surface area contributed by atoms with Gasteiger partial charge < -0.3 is 14.6 Å². The first kappa shape index (κ1) is 23.7. The molecular formula is C25H20Br2N4O3. The van der Waals surface area contributed by atoms with E-state index >= 15 is 0 Å². The van der Waals surface area contributed by atoms with Crippen LogP contribution in [0.3, 0.4) is 0 Å². The molecule has 3 aromatic carbocycles. The molecule has 0 amide bonds. The Labute approximate surface area is 213 Å². The minimum absolute atomic E-state index is 0.0853. The van der Waals surface area contributed by atoms with Gasteiger partial charge in [0.2, 0.25) is 0 Å². The number of hydrogen-bond donors (Lipinski definition) is 1. The topological polar surface area (TPSA) is 81.2 Å². The highest BCUT2D eigenvalue weighted by atomic mass is 79.9. The summed E-state index contributed by atoms with van der Waals surface area (Å²) in [6, 6.07) is 18.6. The second-order valence-corrected chi connectivity index (χ2v) is 8.87. The Morgan fingerprint density at radius 3 is 2.21 bits per heavy atom. The minimum atomic E-state index is 0.0853. The van der Waals surface area contributed by atoms with E-state index in [1.165, 1.54) is 0 Å². The minimum Gasteiger partial charge on any atom is -0.506 e. The molecule has 1 N–H and O–H groups in total. The summed E-state index contributed by atoms with van der Waals surface area (Å²) in [5.74, 6) is 1.97. The maximum absolute atomic E-state index is 10.4. The lowest BCUT2D eigenvalue weighted by Gasteiger charge is -2.03. The molecule has 0 aliphatic heterocycles. The molecule has 9 heteroatoms. The van der Waals surface area contributed by atoms with Crippen molar-refractivity contribution in [2.75, 3.05) is 14.2 Å². The molecule has 1 heterocycles. The van der Waals surface area contributed by atoms with Gasteiger partial charge in [0.25, 0.3) is 5.95 Å². The number of aromatic nitrogens is 2. The molecule has 34 heavy (non-hydrogen) atoms. The van der Waals surface area contributed by atoms with Crippen molar-refractivity contribution in [2.45, 2.75) is 0 Å². The standard InChI is InChI=1S/C25H20Br2N4O3/c1-33-20-7-3-16(4-8-20)13-29-31-15-23(17-5-9-21(34-2)10-6-17)30-25(31)28-14-18-11-19(26)12-22(27)24(18)32/h3-15,32H,1-2H3/b28-14?,29-13+. The van der Waals surface area contributed by atoms with E-state index < -0.39 is 0 Å². The molecule has 0 unspecified atom stereocenters. The third-order valence-electron chi connectivity index (χ3n) is 4.88. The second kappa shape index (κ2) is 10.7. The molecule has 172 valence electrons. The van der Waals surface area contributed by atoms with Crippen molar-refractivity contribution in [3.05, 3.63) is 86.9 Å². The zero-order valence-corrected chi connectivity index (χ0v) is 21.5. The summed E-state index contributed by atoms with van der Waals surface area (Å²) in [6.07, 6.45) is 5.06. The molecule has 0 spiro atoms. The number of rotatable bonds is 7. The number of aliphatic imine (C=N–C) groups is 1. The van der Waals surface area contributed by atoms with E-state index in [2.05, 4.69) is 46.9 Å². The van der Waals surface area contributed by atoms with Crippen LogP contribution in [0.15, 0.2) is 85.9 Å². The number of imidazole rings is 1. The third kappa shape index (κ3) is 5.55. The molecule has 0 bridgehead atoms. The number of hydrogen-bond acceptors (Lipinski definition) is 6. The normalized spacial score (nSPS) is 11.4. The molecule has 0 fully saturated rings. The summed E-state index contributed by atoms with van der Waals surface area (Å²) in [5, 5.41) is 14.9. The summed E-state index contributed by atoms with van der Waals surface area (Å²) >= 11 is 6.77. The number of phenols is 1.